The Hall–Kier alpha value is -3.41. The van der Waals surface area contributed by atoms with Crippen LogP contribution in [0.4, 0.5) is 0 Å². The molecular weight excluding hydrogens is 400 g/mol. The molecule has 164 valence electrons. The van der Waals surface area contributed by atoms with Gasteiger partial charge in [-0.3, -0.25) is 9.78 Å². The van der Waals surface area contributed by atoms with E-state index >= 15 is 0 Å². The van der Waals surface area contributed by atoms with Gasteiger partial charge in [-0.25, -0.2) is 0 Å². The van der Waals surface area contributed by atoms with Gasteiger partial charge in [-0.15, -0.1) is 0 Å². The van der Waals surface area contributed by atoms with Gasteiger partial charge in [-0.2, -0.15) is 0 Å². The lowest BCUT2D eigenvalue weighted by molar-refractivity contribution is -0.132. The maximum Gasteiger partial charge on any atom is 0.222 e. The van der Waals surface area contributed by atoms with E-state index in [1.807, 2.05) is 31.1 Å². The molecule has 1 aromatic carbocycles. The highest BCUT2D eigenvalue weighted by Crippen LogP contribution is 2.39. The number of carbonyl (C=O) groups excluding carboxylic acids is 1. The normalized spacial score (nSPS) is 16.6. The average Bonchev–Trinajstić information content (AvgIpc) is 3.38. The Labute approximate surface area is 187 Å². The zero-order chi connectivity index (χ0) is 22.1. The van der Waals surface area contributed by atoms with Crippen LogP contribution >= 0.6 is 0 Å². The molecule has 5 rings (SSSR count). The molecule has 0 spiro atoms. The SMILES string of the molecule is Cc1noc(C)c1CCC(=O)N1CCCC(c2[nH]c3ccccc3c2-c2ccncc2)C1. The first-order valence-electron chi connectivity index (χ1n) is 11.3. The van der Waals surface area contributed by atoms with Crippen molar-refractivity contribution >= 4 is 16.8 Å². The minimum atomic E-state index is 0.205. The Morgan fingerprint density at radius 3 is 2.78 bits per heavy atom. The number of nitrogens with zero attached hydrogens (tertiary/aromatic N) is 3. The fourth-order valence-electron chi connectivity index (χ4n) is 4.99. The lowest BCUT2D eigenvalue weighted by Crippen LogP contribution is -2.39. The molecule has 4 heterocycles. The summed E-state index contributed by atoms with van der Waals surface area (Å²) in [6.07, 6.45) is 6.92. The predicted octanol–water partition coefficient (Wildman–Crippen LogP) is 5.17. The van der Waals surface area contributed by atoms with Crippen molar-refractivity contribution in [2.75, 3.05) is 13.1 Å². The summed E-state index contributed by atoms with van der Waals surface area (Å²) < 4.78 is 5.25. The lowest BCUT2D eigenvalue weighted by atomic mass is 9.89. The summed E-state index contributed by atoms with van der Waals surface area (Å²) in [5.74, 6) is 1.30. The molecule has 1 N–H and O–H groups in total. The van der Waals surface area contributed by atoms with Gasteiger partial charge in [0.05, 0.1) is 5.69 Å². The van der Waals surface area contributed by atoms with Crippen molar-refractivity contribution in [3.8, 4) is 11.1 Å². The van der Waals surface area contributed by atoms with Crippen molar-refractivity contribution in [2.45, 2.75) is 45.4 Å². The van der Waals surface area contributed by atoms with Crippen molar-refractivity contribution in [1.82, 2.24) is 20.0 Å². The number of H-pyrrole nitrogens is 1. The van der Waals surface area contributed by atoms with E-state index in [0.29, 0.717) is 12.8 Å². The van der Waals surface area contributed by atoms with Crippen LogP contribution in [0.1, 0.15) is 47.9 Å². The van der Waals surface area contributed by atoms with E-state index in [2.05, 4.69) is 51.5 Å². The minimum Gasteiger partial charge on any atom is -0.361 e. The van der Waals surface area contributed by atoms with E-state index in [0.717, 1.165) is 54.0 Å². The molecule has 1 fully saturated rings. The maximum atomic E-state index is 13.1. The van der Waals surface area contributed by atoms with Gasteiger partial charge < -0.3 is 14.4 Å². The third-order valence-electron chi connectivity index (χ3n) is 6.66. The molecule has 0 bridgehead atoms. The van der Waals surface area contributed by atoms with Gasteiger partial charge in [0.25, 0.3) is 0 Å². The third-order valence-corrected chi connectivity index (χ3v) is 6.66. The van der Waals surface area contributed by atoms with Crippen molar-refractivity contribution in [3.63, 3.8) is 0 Å². The first kappa shape index (κ1) is 20.5. The fraction of sp³-hybridized carbons (Fsp3) is 0.346. The average molecular weight is 429 g/mol. The van der Waals surface area contributed by atoms with E-state index in [1.165, 1.54) is 16.6 Å². The van der Waals surface area contributed by atoms with Crippen LogP contribution in [0.5, 0.6) is 0 Å². The number of benzene rings is 1. The Morgan fingerprint density at radius 2 is 2.00 bits per heavy atom. The number of hydrogen-bond donors (Lipinski definition) is 1. The van der Waals surface area contributed by atoms with Crippen LogP contribution in [0.3, 0.4) is 0 Å². The Balaban J connectivity index is 1.39. The molecule has 1 saturated heterocycles. The highest BCUT2D eigenvalue weighted by Gasteiger charge is 2.28. The molecule has 6 nitrogen and oxygen atoms in total. The van der Waals surface area contributed by atoms with Crippen LogP contribution in [-0.2, 0) is 11.2 Å². The first-order chi connectivity index (χ1) is 15.6. The molecule has 6 heteroatoms. The molecular formula is C26H28N4O2. The van der Waals surface area contributed by atoms with E-state index < -0.39 is 0 Å². The number of aryl methyl sites for hydroxylation is 2. The number of likely N-dealkylation sites (tertiary alicyclic amines) is 1. The summed E-state index contributed by atoms with van der Waals surface area (Å²) in [6, 6.07) is 12.6. The summed E-state index contributed by atoms with van der Waals surface area (Å²) in [6.45, 7) is 5.41. The number of rotatable bonds is 5. The van der Waals surface area contributed by atoms with Crippen LogP contribution in [0, 0.1) is 13.8 Å². The number of nitrogens with one attached hydrogen (secondary N) is 1. The smallest absolute Gasteiger partial charge is 0.222 e. The molecule has 1 atom stereocenters. The highest BCUT2D eigenvalue weighted by atomic mass is 16.5. The molecule has 1 amide bonds. The summed E-state index contributed by atoms with van der Waals surface area (Å²) >= 11 is 0. The molecule has 0 aliphatic carbocycles. The van der Waals surface area contributed by atoms with Gasteiger partial charge in [0.15, 0.2) is 0 Å². The van der Waals surface area contributed by atoms with Crippen LogP contribution in [-0.4, -0.2) is 39.0 Å². The van der Waals surface area contributed by atoms with Crippen molar-refractivity contribution in [1.29, 1.82) is 0 Å². The van der Waals surface area contributed by atoms with E-state index in [9.17, 15) is 4.79 Å². The largest absolute Gasteiger partial charge is 0.361 e. The predicted molar refractivity (Wildman–Crippen MR) is 124 cm³/mol. The lowest BCUT2D eigenvalue weighted by Gasteiger charge is -2.33. The summed E-state index contributed by atoms with van der Waals surface area (Å²) in [5, 5.41) is 5.23. The third kappa shape index (κ3) is 3.81. The monoisotopic (exact) mass is 428 g/mol. The topological polar surface area (TPSA) is 75.0 Å². The molecule has 4 aromatic rings. The van der Waals surface area contributed by atoms with Gasteiger partial charge in [0.2, 0.25) is 5.91 Å². The van der Waals surface area contributed by atoms with E-state index in [-0.39, 0.29) is 11.8 Å². The van der Waals surface area contributed by atoms with Crippen LogP contribution in [0.25, 0.3) is 22.0 Å². The van der Waals surface area contributed by atoms with Crippen molar-refractivity contribution in [2.24, 2.45) is 0 Å². The molecule has 1 aliphatic heterocycles. The van der Waals surface area contributed by atoms with Crippen LogP contribution < -0.4 is 0 Å². The number of hydrogen-bond acceptors (Lipinski definition) is 4. The van der Waals surface area contributed by atoms with E-state index in [4.69, 9.17) is 4.52 Å². The Bertz CT molecular complexity index is 1220. The summed E-state index contributed by atoms with van der Waals surface area (Å²) in [4.78, 5) is 23.0. The van der Waals surface area contributed by atoms with Gasteiger partial charge >= 0.3 is 0 Å². The number of amides is 1. The van der Waals surface area contributed by atoms with Crippen LogP contribution in [0.2, 0.25) is 0 Å². The zero-order valence-electron chi connectivity index (χ0n) is 18.6. The number of para-hydroxylation sites is 1. The fourth-order valence-corrected chi connectivity index (χ4v) is 4.99. The Morgan fingerprint density at radius 1 is 1.19 bits per heavy atom. The molecule has 0 saturated carbocycles. The van der Waals surface area contributed by atoms with Gasteiger partial charge in [0.1, 0.15) is 5.76 Å². The number of piperidine rings is 1. The number of aromatic nitrogens is 3. The number of fused-ring (bicyclic) bond motifs is 1. The number of pyridine rings is 1. The molecule has 1 unspecified atom stereocenters. The van der Waals surface area contributed by atoms with Gasteiger partial charge in [-0.1, -0.05) is 23.4 Å². The van der Waals surface area contributed by atoms with Crippen molar-refractivity contribution in [3.05, 3.63) is 71.5 Å². The molecule has 1 aliphatic rings. The van der Waals surface area contributed by atoms with Crippen molar-refractivity contribution < 1.29 is 9.32 Å². The quantitative estimate of drug-likeness (QED) is 0.476. The summed E-state index contributed by atoms with van der Waals surface area (Å²) in [5.41, 5.74) is 6.69. The molecule has 3 aromatic heterocycles. The zero-order valence-corrected chi connectivity index (χ0v) is 18.6. The second-order valence-corrected chi connectivity index (χ2v) is 8.68. The maximum absolute atomic E-state index is 13.1. The second-order valence-electron chi connectivity index (χ2n) is 8.68. The van der Waals surface area contributed by atoms with E-state index in [1.54, 1.807) is 0 Å². The standard InChI is InChI=1S/C26H28N4O2/c1-17-21(18(2)32-29-17)9-10-24(31)30-15-5-6-20(16-30)26-25(19-11-13-27-14-12-19)22-7-3-4-8-23(22)28-26/h3-4,7-8,11-14,20,28H,5-6,9-10,15-16H2,1-2H3. The second kappa shape index (κ2) is 8.61. The summed E-state index contributed by atoms with van der Waals surface area (Å²) in [7, 11) is 0. The molecule has 0 radical (unpaired) electrons. The number of carbonyl (C=O) groups is 1. The highest BCUT2D eigenvalue weighted by molar-refractivity contribution is 5.97. The minimum absolute atomic E-state index is 0.205. The molecule has 32 heavy (non-hydrogen) atoms. The van der Waals surface area contributed by atoms with Gasteiger partial charge in [0, 0.05) is 65.5 Å². The first-order valence-corrected chi connectivity index (χ1v) is 11.3. The van der Waals surface area contributed by atoms with Crippen LogP contribution in [0.15, 0.2) is 53.3 Å². The van der Waals surface area contributed by atoms with Gasteiger partial charge in [-0.05, 0) is 56.9 Å². The Kier molecular flexibility index (Phi) is 5.52. The number of aromatic amines is 1.